The van der Waals surface area contributed by atoms with Crippen LogP contribution in [0.15, 0.2) is 47.0 Å². The highest BCUT2D eigenvalue weighted by atomic mass is 35.5. The van der Waals surface area contributed by atoms with Gasteiger partial charge in [0.05, 0.1) is 29.6 Å². The number of benzene rings is 2. The molecule has 4 rings (SSSR count). The topological polar surface area (TPSA) is 80.5 Å². The average molecular weight is 461 g/mol. The number of anilines is 1. The predicted molar refractivity (Wildman–Crippen MR) is 119 cm³/mol. The molecule has 9 heteroatoms. The molecular formula is C22H22Cl2N4O3. The third-order valence-electron chi connectivity index (χ3n) is 5.24. The molecule has 2 heterocycles. The Balaban J connectivity index is 1.37. The van der Waals surface area contributed by atoms with Gasteiger partial charge in [-0.25, -0.2) is 0 Å². The Bertz CT molecular complexity index is 1070. The maximum absolute atomic E-state index is 12.8. The fourth-order valence-electron chi connectivity index (χ4n) is 3.66. The first-order valence-corrected chi connectivity index (χ1v) is 10.7. The lowest BCUT2D eigenvalue weighted by Gasteiger charge is -2.30. The van der Waals surface area contributed by atoms with Gasteiger partial charge in [-0.1, -0.05) is 40.5 Å². The number of carbonyl (C=O) groups excluding carboxylic acids is 1. The Morgan fingerprint density at radius 3 is 2.87 bits per heavy atom. The zero-order valence-corrected chi connectivity index (χ0v) is 18.5. The first-order valence-electron chi connectivity index (χ1n) is 9.97. The summed E-state index contributed by atoms with van der Waals surface area (Å²) in [5.74, 6) is 1.36. The van der Waals surface area contributed by atoms with E-state index in [0.29, 0.717) is 46.3 Å². The van der Waals surface area contributed by atoms with Crippen LogP contribution in [0.3, 0.4) is 0 Å². The highest BCUT2D eigenvalue weighted by Gasteiger charge is 2.27. The Morgan fingerprint density at radius 1 is 1.26 bits per heavy atom. The van der Waals surface area contributed by atoms with Crippen molar-refractivity contribution < 1.29 is 14.1 Å². The molecule has 31 heavy (non-hydrogen) atoms. The summed E-state index contributed by atoms with van der Waals surface area (Å²) in [5.41, 5.74) is 1.38. The van der Waals surface area contributed by atoms with Gasteiger partial charge in [0.1, 0.15) is 5.75 Å². The van der Waals surface area contributed by atoms with Gasteiger partial charge in [-0.2, -0.15) is 4.98 Å². The highest BCUT2D eigenvalue weighted by molar-refractivity contribution is 6.33. The standard InChI is InChI=1S/C22H22Cl2N4O3/c1-30-19-9-8-15(11-18(19)24)25-22(29)14-5-4-10-28(12-14)13-20-26-21(27-31-20)16-6-2-3-7-17(16)23/h2-3,6-9,11,14H,4-5,10,12-13H2,1H3,(H,25,29). The van der Waals surface area contributed by atoms with Crippen LogP contribution in [0.25, 0.3) is 11.4 Å². The van der Waals surface area contributed by atoms with Crippen LogP contribution in [-0.2, 0) is 11.3 Å². The number of halogens is 2. The van der Waals surface area contributed by atoms with Gasteiger partial charge in [-0.05, 0) is 49.7 Å². The van der Waals surface area contributed by atoms with E-state index in [2.05, 4.69) is 20.4 Å². The van der Waals surface area contributed by atoms with E-state index in [9.17, 15) is 4.79 Å². The van der Waals surface area contributed by atoms with E-state index in [4.69, 9.17) is 32.5 Å². The summed E-state index contributed by atoms with van der Waals surface area (Å²) >= 11 is 12.4. The minimum atomic E-state index is -0.138. The minimum absolute atomic E-state index is 0.0341. The Kier molecular flexibility index (Phi) is 6.75. The lowest BCUT2D eigenvalue weighted by Crippen LogP contribution is -2.40. The van der Waals surface area contributed by atoms with Gasteiger partial charge in [0.25, 0.3) is 0 Å². The van der Waals surface area contributed by atoms with Gasteiger partial charge in [0.15, 0.2) is 0 Å². The lowest BCUT2D eigenvalue weighted by atomic mass is 9.97. The second-order valence-corrected chi connectivity index (χ2v) is 8.22. The number of hydrogen-bond acceptors (Lipinski definition) is 6. The Hall–Kier alpha value is -2.61. The number of amides is 1. The van der Waals surface area contributed by atoms with Crippen molar-refractivity contribution in [1.29, 1.82) is 0 Å². The fourth-order valence-corrected chi connectivity index (χ4v) is 4.14. The van der Waals surface area contributed by atoms with Crippen LogP contribution >= 0.6 is 23.2 Å². The van der Waals surface area contributed by atoms with Gasteiger partial charge >= 0.3 is 0 Å². The average Bonchev–Trinajstić information content (AvgIpc) is 3.22. The summed E-state index contributed by atoms with van der Waals surface area (Å²) in [6.45, 7) is 1.96. The molecule has 162 valence electrons. The predicted octanol–water partition coefficient (Wildman–Crippen LogP) is 4.90. The van der Waals surface area contributed by atoms with Gasteiger partial charge in [-0.3, -0.25) is 9.69 Å². The molecule has 0 aliphatic carbocycles. The van der Waals surface area contributed by atoms with Crippen LogP contribution in [0, 0.1) is 5.92 Å². The monoisotopic (exact) mass is 460 g/mol. The first kappa shape index (κ1) is 21.6. The van der Waals surface area contributed by atoms with Gasteiger partial charge in [0.2, 0.25) is 17.6 Å². The number of nitrogens with zero attached hydrogens (tertiary/aromatic N) is 3. The Morgan fingerprint density at radius 2 is 2.10 bits per heavy atom. The molecule has 0 radical (unpaired) electrons. The summed E-state index contributed by atoms with van der Waals surface area (Å²) in [6.07, 6.45) is 1.73. The van der Waals surface area contributed by atoms with Gasteiger partial charge < -0.3 is 14.6 Å². The molecule has 1 fully saturated rings. The van der Waals surface area contributed by atoms with Crippen LogP contribution < -0.4 is 10.1 Å². The Labute approximate surface area is 190 Å². The number of ether oxygens (including phenoxy) is 1. The molecule has 0 saturated carbocycles. The summed E-state index contributed by atoms with van der Waals surface area (Å²) in [6, 6.07) is 12.6. The molecule has 1 aromatic heterocycles. The fraction of sp³-hybridized carbons (Fsp3) is 0.318. The van der Waals surface area contributed by atoms with Gasteiger partial charge in [0, 0.05) is 17.8 Å². The molecule has 0 spiro atoms. The number of carbonyl (C=O) groups is 1. The van der Waals surface area contributed by atoms with E-state index < -0.39 is 0 Å². The molecule has 1 aliphatic rings. The lowest BCUT2D eigenvalue weighted by molar-refractivity contribution is -0.121. The minimum Gasteiger partial charge on any atom is -0.495 e. The van der Waals surface area contributed by atoms with Crippen LogP contribution in [0.2, 0.25) is 10.0 Å². The summed E-state index contributed by atoms with van der Waals surface area (Å²) in [7, 11) is 1.55. The van der Waals surface area contributed by atoms with Crippen molar-refractivity contribution in [1.82, 2.24) is 15.0 Å². The maximum atomic E-state index is 12.8. The van der Waals surface area contributed by atoms with Crippen LogP contribution in [0.4, 0.5) is 5.69 Å². The van der Waals surface area contributed by atoms with Crippen molar-refractivity contribution in [2.45, 2.75) is 19.4 Å². The quantitative estimate of drug-likeness (QED) is 0.563. The number of aromatic nitrogens is 2. The summed E-state index contributed by atoms with van der Waals surface area (Å²) < 4.78 is 10.6. The van der Waals surface area contributed by atoms with Crippen LogP contribution in [0.1, 0.15) is 18.7 Å². The molecule has 1 N–H and O–H groups in total. The zero-order chi connectivity index (χ0) is 21.8. The first-order chi connectivity index (χ1) is 15.0. The molecule has 2 aromatic carbocycles. The van der Waals surface area contributed by atoms with E-state index >= 15 is 0 Å². The molecule has 1 atom stereocenters. The van der Waals surface area contributed by atoms with Crippen LogP contribution in [-0.4, -0.2) is 41.1 Å². The van der Waals surface area contributed by atoms with E-state index in [1.807, 2.05) is 18.2 Å². The van der Waals surface area contributed by atoms with Crippen molar-refractivity contribution >= 4 is 34.8 Å². The normalized spacial score (nSPS) is 16.8. The summed E-state index contributed by atoms with van der Waals surface area (Å²) in [4.78, 5) is 19.4. The SMILES string of the molecule is COc1ccc(NC(=O)C2CCCN(Cc3nc(-c4ccccc4Cl)no3)C2)cc1Cl. The summed E-state index contributed by atoms with van der Waals surface area (Å²) in [5, 5.41) is 8.02. The molecule has 7 nitrogen and oxygen atoms in total. The molecular weight excluding hydrogens is 439 g/mol. The molecule has 0 bridgehead atoms. The number of methoxy groups -OCH3 is 1. The van der Waals surface area contributed by atoms with E-state index in [0.717, 1.165) is 24.9 Å². The highest BCUT2D eigenvalue weighted by Crippen LogP contribution is 2.29. The van der Waals surface area contributed by atoms with Crippen molar-refractivity contribution in [3.05, 3.63) is 58.4 Å². The molecule has 1 amide bonds. The smallest absolute Gasteiger partial charge is 0.241 e. The van der Waals surface area contributed by atoms with E-state index in [1.165, 1.54) is 0 Å². The van der Waals surface area contributed by atoms with Crippen molar-refractivity contribution in [2.75, 3.05) is 25.5 Å². The van der Waals surface area contributed by atoms with Crippen molar-refractivity contribution in [2.24, 2.45) is 5.92 Å². The maximum Gasteiger partial charge on any atom is 0.241 e. The van der Waals surface area contributed by atoms with Crippen molar-refractivity contribution in [3.8, 4) is 17.1 Å². The third kappa shape index (κ3) is 5.18. The van der Waals surface area contributed by atoms with Crippen LogP contribution in [0.5, 0.6) is 5.75 Å². The largest absolute Gasteiger partial charge is 0.495 e. The zero-order valence-electron chi connectivity index (χ0n) is 17.0. The number of piperidine rings is 1. The van der Waals surface area contributed by atoms with E-state index in [-0.39, 0.29) is 11.8 Å². The molecule has 1 aliphatic heterocycles. The van der Waals surface area contributed by atoms with Gasteiger partial charge in [-0.15, -0.1) is 0 Å². The second-order valence-electron chi connectivity index (χ2n) is 7.40. The van der Waals surface area contributed by atoms with Crippen molar-refractivity contribution in [3.63, 3.8) is 0 Å². The number of likely N-dealkylation sites (tertiary alicyclic amines) is 1. The molecule has 1 saturated heterocycles. The van der Waals surface area contributed by atoms with E-state index in [1.54, 1.807) is 31.4 Å². The number of rotatable bonds is 6. The number of nitrogens with one attached hydrogen (secondary N) is 1. The molecule has 3 aromatic rings. The second kappa shape index (κ2) is 9.68. The number of hydrogen-bond donors (Lipinski definition) is 1. The third-order valence-corrected chi connectivity index (χ3v) is 5.86. The molecule has 1 unspecified atom stereocenters.